The minimum atomic E-state index is -0.371. The minimum Gasteiger partial charge on any atom is -0.352 e. The van der Waals surface area contributed by atoms with E-state index in [1.54, 1.807) is 24.3 Å². The zero-order valence-electron chi connectivity index (χ0n) is 18.7. The van der Waals surface area contributed by atoms with Crippen LogP contribution in [0.3, 0.4) is 0 Å². The molecule has 0 aliphatic carbocycles. The van der Waals surface area contributed by atoms with Gasteiger partial charge in [0.1, 0.15) is 0 Å². The normalized spacial score (nSPS) is 10.4. The maximum absolute atomic E-state index is 12.6. The summed E-state index contributed by atoms with van der Waals surface area (Å²) < 4.78 is 0. The molecule has 33 heavy (non-hydrogen) atoms. The summed E-state index contributed by atoms with van der Waals surface area (Å²) in [5, 5.41) is 17.7. The lowest BCUT2D eigenvalue weighted by Gasteiger charge is -2.09. The van der Waals surface area contributed by atoms with E-state index in [4.69, 9.17) is 5.26 Å². The first-order chi connectivity index (χ1) is 15.8. The maximum Gasteiger partial charge on any atom is 0.251 e. The summed E-state index contributed by atoms with van der Waals surface area (Å²) in [5.74, 6) is -1.02. The van der Waals surface area contributed by atoms with E-state index in [9.17, 15) is 19.2 Å². The highest BCUT2D eigenvalue weighted by Gasteiger charge is 2.15. The number of carbonyl (C=O) groups excluding carboxylic acids is 4. The number of hydrogen-bond donors (Lipinski definition) is 3. The highest BCUT2D eigenvalue weighted by Crippen LogP contribution is 2.19. The van der Waals surface area contributed by atoms with Crippen molar-refractivity contribution in [3.63, 3.8) is 0 Å². The van der Waals surface area contributed by atoms with Crippen molar-refractivity contribution in [1.29, 1.82) is 0 Å². The van der Waals surface area contributed by atoms with Crippen molar-refractivity contribution in [3.8, 4) is 5.75 Å². The Morgan fingerprint density at radius 2 is 1.39 bits per heavy atom. The topological polar surface area (TPSA) is 131 Å². The predicted molar refractivity (Wildman–Crippen MR) is 120 cm³/mol. The van der Waals surface area contributed by atoms with Gasteiger partial charge in [-0.25, -0.2) is 5.26 Å². The van der Waals surface area contributed by atoms with Crippen molar-refractivity contribution in [2.24, 2.45) is 0 Å². The van der Waals surface area contributed by atoms with Crippen LogP contribution in [0.25, 0.3) is 0 Å². The second kappa shape index (κ2) is 13.1. The van der Waals surface area contributed by atoms with Crippen molar-refractivity contribution in [3.05, 3.63) is 64.7 Å². The van der Waals surface area contributed by atoms with Crippen LogP contribution in [0.15, 0.2) is 42.5 Å². The molecule has 0 fully saturated rings. The van der Waals surface area contributed by atoms with Crippen molar-refractivity contribution in [2.45, 2.75) is 39.5 Å². The molecule has 3 N–H and O–H groups in total. The second-order valence-corrected chi connectivity index (χ2v) is 7.43. The number of hydrogen-bond acceptors (Lipinski definition) is 7. The molecule has 0 saturated carbocycles. The molecule has 9 nitrogen and oxygen atoms in total. The van der Waals surface area contributed by atoms with Crippen LogP contribution in [0.5, 0.6) is 5.75 Å². The van der Waals surface area contributed by atoms with Gasteiger partial charge >= 0.3 is 0 Å². The van der Waals surface area contributed by atoms with Gasteiger partial charge in [-0.2, -0.15) is 0 Å². The standard InChI is InChI=1S/C24H28N2O7/c1-3-4-11-25-24(30)20-13-19(14-21(15-20)32-33-31)22(28)6-5-12-26-23(29)18-9-7-17(8-10-18)16(2)27/h7-10,13-15,31H,3-6,11-12H2,1-2H3,(H,25,30)(H,26,29). The molecule has 0 atom stereocenters. The quantitative estimate of drug-likeness (QED) is 0.182. The summed E-state index contributed by atoms with van der Waals surface area (Å²) in [5.41, 5.74) is 1.36. The Bertz CT molecular complexity index is 987. The number of amides is 2. The van der Waals surface area contributed by atoms with Crippen molar-refractivity contribution in [1.82, 2.24) is 10.6 Å². The summed E-state index contributed by atoms with van der Waals surface area (Å²) in [6.07, 6.45) is 2.23. The van der Waals surface area contributed by atoms with Gasteiger partial charge in [-0.1, -0.05) is 25.5 Å². The summed E-state index contributed by atoms with van der Waals surface area (Å²) >= 11 is 0. The van der Waals surface area contributed by atoms with E-state index in [1.165, 1.54) is 25.1 Å². The van der Waals surface area contributed by atoms with Crippen LogP contribution >= 0.6 is 0 Å². The van der Waals surface area contributed by atoms with Crippen LogP contribution in [-0.2, 0) is 5.04 Å². The lowest BCUT2D eigenvalue weighted by Crippen LogP contribution is -2.25. The summed E-state index contributed by atoms with van der Waals surface area (Å²) in [6, 6.07) is 10.5. The summed E-state index contributed by atoms with van der Waals surface area (Å²) in [7, 11) is 0. The SMILES string of the molecule is CCCCNC(=O)c1cc(OOO)cc(C(=O)CCCNC(=O)c2ccc(C(C)=O)cc2)c1. The number of rotatable bonds is 13. The molecule has 9 heteroatoms. The molecule has 2 rings (SSSR count). The zero-order valence-corrected chi connectivity index (χ0v) is 18.7. The molecule has 0 aliphatic rings. The van der Waals surface area contributed by atoms with Gasteiger partial charge < -0.3 is 15.5 Å². The van der Waals surface area contributed by atoms with Gasteiger partial charge in [-0.05, 0) is 55.1 Å². The Labute approximate surface area is 191 Å². The number of benzene rings is 2. The van der Waals surface area contributed by atoms with Crippen LogP contribution in [0.4, 0.5) is 0 Å². The molecule has 0 unspecified atom stereocenters. The fourth-order valence-corrected chi connectivity index (χ4v) is 3.02. The third-order valence-corrected chi connectivity index (χ3v) is 4.86. The molecule has 0 bridgehead atoms. The first kappa shape index (κ1) is 25.7. The maximum atomic E-state index is 12.6. The van der Waals surface area contributed by atoms with Crippen LogP contribution in [0.2, 0.25) is 0 Å². The van der Waals surface area contributed by atoms with Gasteiger partial charge in [-0.15, -0.1) is 0 Å². The summed E-state index contributed by atoms with van der Waals surface area (Å²) in [4.78, 5) is 53.1. The Kier molecular flexibility index (Phi) is 10.2. The van der Waals surface area contributed by atoms with E-state index >= 15 is 0 Å². The molecule has 0 radical (unpaired) electrons. The van der Waals surface area contributed by atoms with Gasteiger partial charge in [0.15, 0.2) is 17.3 Å². The molecule has 0 aromatic heterocycles. The van der Waals surface area contributed by atoms with Crippen LogP contribution in [0, 0.1) is 0 Å². The third-order valence-electron chi connectivity index (χ3n) is 4.86. The number of Topliss-reactive ketones (excluding diaryl/α,β-unsaturated/α-hetero) is 2. The van der Waals surface area contributed by atoms with Crippen molar-refractivity contribution < 1.29 is 34.4 Å². The van der Waals surface area contributed by atoms with Gasteiger partial charge in [-0.3, -0.25) is 19.2 Å². The van der Waals surface area contributed by atoms with Crippen LogP contribution < -0.4 is 15.5 Å². The molecule has 0 aliphatic heterocycles. The number of nitrogens with one attached hydrogen (secondary N) is 2. The highest BCUT2D eigenvalue weighted by molar-refractivity contribution is 6.01. The van der Waals surface area contributed by atoms with Gasteiger partial charge in [0, 0.05) is 41.8 Å². The second-order valence-electron chi connectivity index (χ2n) is 7.43. The molecule has 0 heterocycles. The van der Waals surface area contributed by atoms with Gasteiger partial charge in [0.25, 0.3) is 11.8 Å². The first-order valence-electron chi connectivity index (χ1n) is 10.7. The Morgan fingerprint density at radius 3 is 2.00 bits per heavy atom. The Balaban J connectivity index is 1.93. The number of carbonyl (C=O) groups is 4. The Morgan fingerprint density at radius 1 is 0.818 bits per heavy atom. The molecule has 2 aromatic rings. The van der Waals surface area contributed by atoms with Crippen LogP contribution in [0.1, 0.15) is 81.0 Å². The van der Waals surface area contributed by atoms with E-state index in [-0.39, 0.29) is 53.2 Å². The molecule has 2 aromatic carbocycles. The van der Waals surface area contributed by atoms with Gasteiger partial charge in [0.2, 0.25) is 0 Å². The molecule has 2 amide bonds. The van der Waals surface area contributed by atoms with E-state index < -0.39 is 0 Å². The average molecular weight is 456 g/mol. The van der Waals surface area contributed by atoms with E-state index in [0.717, 1.165) is 12.8 Å². The minimum absolute atomic E-state index is 0.00584. The average Bonchev–Trinajstić information content (AvgIpc) is 2.81. The fourth-order valence-electron chi connectivity index (χ4n) is 3.02. The van der Waals surface area contributed by atoms with E-state index in [0.29, 0.717) is 24.1 Å². The smallest absolute Gasteiger partial charge is 0.251 e. The van der Waals surface area contributed by atoms with Crippen LogP contribution in [-0.4, -0.2) is 41.7 Å². The third kappa shape index (κ3) is 8.13. The zero-order chi connectivity index (χ0) is 24.2. The van der Waals surface area contributed by atoms with Crippen molar-refractivity contribution in [2.75, 3.05) is 13.1 Å². The molecule has 176 valence electrons. The largest absolute Gasteiger partial charge is 0.352 e. The van der Waals surface area contributed by atoms with E-state index in [2.05, 4.69) is 20.6 Å². The Hall–Kier alpha value is -3.56. The molecule has 0 spiro atoms. The first-order valence-corrected chi connectivity index (χ1v) is 10.7. The van der Waals surface area contributed by atoms with Gasteiger partial charge in [0.05, 0.1) is 0 Å². The fraction of sp³-hybridized carbons (Fsp3) is 0.333. The predicted octanol–water partition coefficient (Wildman–Crippen LogP) is 3.60. The number of unbranched alkanes of at least 4 members (excludes halogenated alkanes) is 1. The summed E-state index contributed by atoms with van der Waals surface area (Å²) in [6.45, 7) is 4.21. The van der Waals surface area contributed by atoms with E-state index in [1.807, 2.05) is 6.92 Å². The molecular weight excluding hydrogens is 428 g/mol. The number of ketones is 2. The van der Waals surface area contributed by atoms with Crippen molar-refractivity contribution >= 4 is 23.4 Å². The molecule has 0 saturated heterocycles. The monoisotopic (exact) mass is 456 g/mol. The highest BCUT2D eigenvalue weighted by atomic mass is 17.5. The lowest BCUT2D eigenvalue weighted by atomic mass is 10.0. The molecular formula is C24H28N2O7. The lowest BCUT2D eigenvalue weighted by molar-refractivity contribution is -0.438.